The van der Waals surface area contributed by atoms with E-state index in [1.54, 1.807) is 0 Å². The van der Waals surface area contributed by atoms with E-state index in [4.69, 9.17) is 28.1 Å². The highest BCUT2D eigenvalue weighted by Gasteiger charge is 2.51. The van der Waals surface area contributed by atoms with Crippen molar-refractivity contribution in [1.82, 2.24) is 0 Å². The van der Waals surface area contributed by atoms with Crippen LogP contribution in [0.4, 0.5) is 0 Å². The summed E-state index contributed by atoms with van der Waals surface area (Å²) in [7, 11) is 1.17. The summed E-state index contributed by atoms with van der Waals surface area (Å²) < 4.78 is 32.7. The van der Waals surface area contributed by atoms with Gasteiger partial charge in [-0.15, -0.1) is 0 Å². The summed E-state index contributed by atoms with van der Waals surface area (Å²) in [6, 6.07) is 3.87. The minimum Gasteiger partial charge on any atom is -0.508 e. The first kappa shape index (κ1) is 33.4. The van der Waals surface area contributed by atoms with Crippen molar-refractivity contribution >= 4 is 11.0 Å². The first-order chi connectivity index (χ1) is 21.8. The van der Waals surface area contributed by atoms with Crippen LogP contribution in [0.1, 0.15) is 0 Å². The smallest absolute Gasteiger partial charge is 0.239 e. The van der Waals surface area contributed by atoms with Gasteiger partial charge in [-0.05, 0) is 12.1 Å². The van der Waals surface area contributed by atoms with Gasteiger partial charge in [-0.2, -0.15) is 0 Å². The highest BCUT2D eigenvalue weighted by Crippen LogP contribution is 2.43. The van der Waals surface area contributed by atoms with Crippen molar-refractivity contribution in [3.63, 3.8) is 0 Å². The highest BCUT2D eigenvalue weighted by molar-refractivity contribution is 5.88. The third-order valence-corrected chi connectivity index (χ3v) is 7.63. The van der Waals surface area contributed by atoms with E-state index in [1.165, 1.54) is 7.11 Å². The summed E-state index contributed by atoms with van der Waals surface area (Å²) in [6.45, 7) is -1.70. The van der Waals surface area contributed by atoms with Crippen molar-refractivity contribution < 1.29 is 84.3 Å². The lowest BCUT2D eigenvalue weighted by Gasteiger charge is -2.45. The molecule has 3 aromatic rings. The SMILES string of the molecule is COc1c(O)cc(-c2oc3cc(O)cc(O)c3c(=O)c2O[C@@H]2O[C@@H](CO)[C@@H](O[C@H]3O[C@@H](CO)[C@H](O)[C@H](O)[C@@H]3O)[C@@H](O)[C@@H]2O)cc1O. The van der Waals surface area contributed by atoms with Gasteiger partial charge in [0.25, 0.3) is 0 Å². The lowest BCUT2D eigenvalue weighted by Crippen LogP contribution is -2.65. The van der Waals surface area contributed by atoms with Crippen LogP contribution in [-0.4, -0.2) is 138 Å². The lowest BCUT2D eigenvalue weighted by molar-refractivity contribution is -0.352. The number of aromatic hydroxyl groups is 4. The Hall–Kier alpha value is -3.95. The third kappa shape index (κ3) is 5.86. The third-order valence-electron chi connectivity index (χ3n) is 7.63. The minimum absolute atomic E-state index is 0.194. The predicted molar refractivity (Wildman–Crippen MR) is 148 cm³/mol. The molecule has 18 nitrogen and oxygen atoms in total. The lowest BCUT2D eigenvalue weighted by atomic mass is 9.97. The fraction of sp³-hybridized carbons (Fsp3) is 0.464. The molecule has 11 N–H and O–H groups in total. The second-order valence-electron chi connectivity index (χ2n) is 10.6. The summed E-state index contributed by atoms with van der Waals surface area (Å²) in [5.74, 6) is -4.02. The van der Waals surface area contributed by atoms with E-state index < -0.39 is 120 Å². The number of hydrogen-bond acceptors (Lipinski definition) is 18. The summed E-state index contributed by atoms with van der Waals surface area (Å²) in [5.41, 5.74) is -1.64. The number of phenolic OH excluding ortho intramolecular Hbond substituents is 4. The van der Waals surface area contributed by atoms with Gasteiger partial charge in [-0.25, -0.2) is 0 Å². The van der Waals surface area contributed by atoms with Crippen molar-refractivity contribution in [3.05, 3.63) is 34.5 Å². The number of aliphatic hydroxyl groups excluding tert-OH is 7. The summed E-state index contributed by atoms with van der Waals surface area (Å²) in [4.78, 5) is 13.7. The molecule has 2 fully saturated rings. The van der Waals surface area contributed by atoms with Crippen LogP contribution in [0.25, 0.3) is 22.3 Å². The summed E-state index contributed by atoms with van der Waals surface area (Å²) >= 11 is 0. The van der Waals surface area contributed by atoms with Gasteiger partial charge in [0.1, 0.15) is 71.3 Å². The van der Waals surface area contributed by atoms with Crippen LogP contribution in [0.5, 0.6) is 34.5 Å². The van der Waals surface area contributed by atoms with Crippen molar-refractivity contribution in [3.8, 4) is 45.8 Å². The summed E-state index contributed by atoms with van der Waals surface area (Å²) in [5, 5.41) is 112. The van der Waals surface area contributed by atoms with E-state index >= 15 is 0 Å². The molecule has 2 aliphatic rings. The van der Waals surface area contributed by atoms with E-state index in [0.717, 1.165) is 24.3 Å². The number of fused-ring (bicyclic) bond motifs is 1. The van der Waals surface area contributed by atoms with Gasteiger partial charge >= 0.3 is 0 Å². The molecule has 2 saturated heterocycles. The maximum Gasteiger partial charge on any atom is 0.239 e. The van der Waals surface area contributed by atoms with Gasteiger partial charge in [0, 0.05) is 17.7 Å². The van der Waals surface area contributed by atoms with E-state index in [2.05, 4.69) is 0 Å². The number of phenols is 4. The van der Waals surface area contributed by atoms with E-state index in [0.29, 0.717) is 0 Å². The van der Waals surface area contributed by atoms with Gasteiger partial charge < -0.3 is 84.3 Å². The van der Waals surface area contributed by atoms with Gasteiger partial charge in [0.15, 0.2) is 23.5 Å². The van der Waals surface area contributed by atoms with Crippen LogP contribution >= 0.6 is 0 Å². The van der Waals surface area contributed by atoms with Gasteiger partial charge in [0.05, 0.1) is 20.3 Å². The quantitative estimate of drug-likeness (QED) is 0.117. The van der Waals surface area contributed by atoms with Crippen LogP contribution in [0.2, 0.25) is 0 Å². The first-order valence-corrected chi connectivity index (χ1v) is 13.7. The van der Waals surface area contributed by atoms with Gasteiger partial charge in [-0.3, -0.25) is 4.79 Å². The molecular formula is C28H32O18. The molecule has 1 aromatic heterocycles. The molecular weight excluding hydrogens is 624 g/mol. The summed E-state index contributed by atoms with van der Waals surface area (Å²) in [6.07, 6.45) is -17.9. The Morgan fingerprint density at radius 3 is 1.93 bits per heavy atom. The van der Waals surface area contributed by atoms with Crippen molar-refractivity contribution in [2.75, 3.05) is 20.3 Å². The number of ether oxygens (including phenoxy) is 5. The molecule has 0 saturated carbocycles. The number of methoxy groups -OCH3 is 1. The van der Waals surface area contributed by atoms with Crippen LogP contribution in [-0.2, 0) is 14.2 Å². The minimum atomic E-state index is -2.08. The second kappa shape index (κ2) is 13.0. The standard InChI is InChI=1S/C28H32O18/c1-41-24-11(33)2-8(3-12(24)34)23-26(18(36)16-10(32)4-9(31)5-13(16)42-23)46-28-22(40)20(38)25(15(7-30)44-28)45-27-21(39)19(37)17(35)14(6-29)43-27/h2-5,14-15,17,19-22,25,27-35,37-40H,6-7H2,1H3/t14-,15-,17-,19-,20-,21-,22-,25+,27+,28-/m0/s1. The fourth-order valence-corrected chi connectivity index (χ4v) is 5.27. The molecule has 0 aliphatic carbocycles. The molecule has 10 atom stereocenters. The number of benzene rings is 2. The van der Waals surface area contributed by atoms with Crippen LogP contribution in [0.3, 0.4) is 0 Å². The Balaban J connectivity index is 1.52. The molecule has 2 aliphatic heterocycles. The zero-order chi connectivity index (χ0) is 33.6. The van der Waals surface area contributed by atoms with Crippen LogP contribution < -0.4 is 14.9 Å². The normalized spacial score (nSPS) is 31.6. The molecule has 0 bridgehead atoms. The van der Waals surface area contributed by atoms with Crippen molar-refractivity contribution in [1.29, 1.82) is 0 Å². The van der Waals surface area contributed by atoms with E-state index in [9.17, 15) is 61.0 Å². The maximum absolute atomic E-state index is 13.7. The average Bonchev–Trinajstić information content (AvgIpc) is 3.01. The topological polar surface area (TPSA) is 299 Å². The molecule has 0 spiro atoms. The van der Waals surface area contributed by atoms with E-state index in [-0.39, 0.29) is 16.9 Å². The number of hydrogen-bond donors (Lipinski definition) is 11. The van der Waals surface area contributed by atoms with Crippen LogP contribution in [0, 0.1) is 0 Å². The Labute approximate surface area is 257 Å². The number of aliphatic hydroxyl groups is 7. The molecule has 0 amide bonds. The van der Waals surface area contributed by atoms with Crippen molar-refractivity contribution in [2.24, 2.45) is 0 Å². The Kier molecular flexibility index (Phi) is 9.47. The molecule has 0 radical (unpaired) electrons. The van der Waals surface area contributed by atoms with E-state index in [1.807, 2.05) is 0 Å². The Bertz CT molecular complexity index is 1600. The molecule has 0 unspecified atom stereocenters. The zero-order valence-electron chi connectivity index (χ0n) is 23.8. The Morgan fingerprint density at radius 1 is 0.717 bits per heavy atom. The van der Waals surface area contributed by atoms with Gasteiger partial charge in [-0.1, -0.05) is 0 Å². The maximum atomic E-state index is 13.7. The molecule has 18 heteroatoms. The Morgan fingerprint density at radius 2 is 1.33 bits per heavy atom. The molecule has 3 heterocycles. The van der Waals surface area contributed by atoms with Gasteiger partial charge in [0.2, 0.25) is 23.2 Å². The zero-order valence-corrected chi connectivity index (χ0v) is 23.8. The van der Waals surface area contributed by atoms with Crippen LogP contribution in [0.15, 0.2) is 33.5 Å². The van der Waals surface area contributed by atoms with Crippen molar-refractivity contribution in [2.45, 2.75) is 61.4 Å². The largest absolute Gasteiger partial charge is 0.508 e. The monoisotopic (exact) mass is 656 g/mol. The number of rotatable bonds is 8. The fourth-order valence-electron chi connectivity index (χ4n) is 5.27. The molecule has 46 heavy (non-hydrogen) atoms. The second-order valence-corrected chi connectivity index (χ2v) is 10.6. The predicted octanol–water partition coefficient (Wildman–Crippen LogP) is -2.71. The molecule has 5 rings (SSSR count). The first-order valence-electron chi connectivity index (χ1n) is 13.7. The highest BCUT2D eigenvalue weighted by atomic mass is 16.7. The molecule has 2 aromatic carbocycles. The molecule has 252 valence electrons. The average molecular weight is 657 g/mol.